The molecule has 2 aliphatic rings. The lowest BCUT2D eigenvalue weighted by atomic mass is 9.85. The van der Waals surface area contributed by atoms with Gasteiger partial charge in [-0.15, -0.1) is 0 Å². The Hall–Kier alpha value is -4.07. The average molecular weight is 499 g/mol. The number of benzene rings is 2. The van der Waals surface area contributed by atoms with E-state index in [0.717, 1.165) is 22.7 Å². The first-order valence-electron chi connectivity index (χ1n) is 12.7. The van der Waals surface area contributed by atoms with E-state index in [1.807, 2.05) is 79.1 Å². The van der Waals surface area contributed by atoms with Crippen LogP contribution in [-0.4, -0.2) is 63.7 Å². The molecule has 2 N–H and O–H groups in total. The van der Waals surface area contributed by atoms with Gasteiger partial charge in [0.1, 0.15) is 17.3 Å². The Bertz CT molecular complexity index is 1460. The second-order valence-corrected chi connectivity index (χ2v) is 11.2. The molecule has 2 aromatic heterocycles. The summed E-state index contributed by atoms with van der Waals surface area (Å²) in [5.74, 6) is -0.240. The minimum Gasteiger partial charge on any atom is -0.451 e. The number of carbonyl (C=O) groups is 3. The molecule has 2 bridgehead atoms. The van der Waals surface area contributed by atoms with Gasteiger partial charge in [-0.3, -0.25) is 14.4 Å². The molecule has 2 aromatic carbocycles. The van der Waals surface area contributed by atoms with Crippen molar-refractivity contribution in [3.63, 3.8) is 0 Å². The highest BCUT2D eigenvalue weighted by Crippen LogP contribution is 2.35. The lowest BCUT2D eigenvalue weighted by molar-refractivity contribution is -0.138. The third-order valence-corrected chi connectivity index (χ3v) is 7.58. The fraction of sp³-hybridized carbons (Fsp3) is 0.345. The van der Waals surface area contributed by atoms with Crippen LogP contribution in [-0.2, 0) is 4.79 Å². The molecular formula is C29H30N4O4. The second kappa shape index (κ2) is 8.50. The zero-order valence-electron chi connectivity index (χ0n) is 21.2. The number of amides is 3. The summed E-state index contributed by atoms with van der Waals surface area (Å²) in [6, 6.07) is 18.0. The predicted octanol–water partition coefficient (Wildman–Crippen LogP) is 4.18. The Morgan fingerprint density at radius 1 is 0.946 bits per heavy atom. The lowest BCUT2D eigenvalue weighted by Crippen LogP contribution is -2.59. The molecule has 2 fully saturated rings. The Labute approximate surface area is 214 Å². The standard InChI is InChI=1S/C29H30N4O4/c1-29(2,3)25(31-26(34)22-12-17-8-4-6-10-21(17)30-22)28(36)33-16-19-14-20(33)15-32(19)27(35)24-13-18-9-5-7-11-23(18)37-24/h4-13,19-20,25,30H,14-16H2,1-3H3,(H,31,34)/t19-,20-,25+/m0/s1. The zero-order chi connectivity index (χ0) is 25.9. The minimum absolute atomic E-state index is 0.0697. The van der Waals surface area contributed by atoms with Crippen LogP contribution in [0.2, 0.25) is 0 Å². The summed E-state index contributed by atoms with van der Waals surface area (Å²) in [6.45, 7) is 6.76. The molecule has 6 rings (SSSR count). The number of nitrogens with zero attached hydrogens (tertiary/aromatic N) is 2. The van der Waals surface area contributed by atoms with Gasteiger partial charge in [0.25, 0.3) is 11.8 Å². The minimum atomic E-state index is -0.703. The fourth-order valence-corrected chi connectivity index (χ4v) is 5.63. The fourth-order valence-electron chi connectivity index (χ4n) is 5.63. The number of piperazine rings is 1. The molecule has 37 heavy (non-hydrogen) atoms. The third-order valence-electron chi connectivity index (χ3n) is 7.58. The van der Waals surface area contributed by atoms with Crippen molar-refractivity contribution in [1.82, 2.24) is 20.1 Å². The number of carbonyl (C=O) groups excluding carboxylic acids is 3. The van der Waals surface area contributed by atoms with Crippen molar-refractivity contribution in [2.24, 2.45) is 5.41 Å². The molecule has 3 atom stereocenters. The second-order valence-electron chi connectivity index (χ2n) is 11.2. The van der Waals surface area contributed by atoms with Crippen LogP contribution in [0, 0.1) is 5.41 Å². The van der Waals surface area contributed by atoms with Gasteiger partial charge in [-0.25, -0.2) is 0 Å². The van der Waals surface area contributed by atoms with E-state index in [9.17, 15) is 14.4 Å². The van der Waals surface area contributed by atoms with Gasteiger partial charge in [-0.1, -0.05) is 57.2 Å². The summed E-state index contributed by atoms with van der Waals surface area (Å²) in [5, 5.41) is 4.82. The number of hydrogen-bond acceptors (Lipinski definition) is 4. The first-order valence-corrected chi connectivity index (χ1v) is 12.7. The van der Waals surface area contributed by atoms with Crippen molar-refractivity contribution in [1.29, 1.82) is 0 Å². The van der Waals surface area contributed by atoms with Gasteiger partial charge in [0.05, 0.1) is 12.1 Å². The van der Waals surface area contributed by atoms with Gasteiger partial charge in [0.15, 0.2) is 5.76 Å². The van der Waals surface area contributed by atoms with Gasteiger partial charge in [-0.05, 0) is 36.1 Å². The van der Waals surface area contributed by atoms with Crippen molar-refractivity contribution in [2.75, 3.05) is 13.1 Å². The van der Waals surface area contributed by atoms with Crippen molar-refractivity contribution >= 4 is 39.6 Å². The van der Waals surface area contributed by atoms with Crippen LogP contribution in [0.15, 0.2) is 65.1 Å². The van der Waals surface area contributed by atoms with Crippen LogP contribution >= 0.6 is 0 Å². The smallest absolute Gasteiger partial charge is 0.289 e. The van der Waals surface area contributed by atoms with Crippen molar-refractivity contribution < 1.29 is 18.8 Å². The number of para-hydroxylation sites is 2. The summed E-state index contributed by atoms with van der Waals surface area (Å²) >= 11 is 0. The van der Waals surface area contributed by atoms with Gasteiger partial charge >= 0.3 is 0 Å². The van der Waals surface area contributed by atoms with Crippen LogP contribution in [0.1, 0.15) is 48.2 Å². The molecule has 4 aromatic rings. The number of furan rings is 1. The topological polar surface area (TPSA) is 98.6 Å². The van der Waals surface area contributed by atoms with Crippen molar-refractivity contribution in [3.8, 4) is 0 Å². The van der Waals surface area contributed by atoms with Gasteiger partial charge in [-0.2, -0.15) is 0 Å². The quantitative estimate of drug-likeness (QED) is 0.441. The van der Waals surface area contributed by atoms with Crippen LogP contribution in [0.5, 0.6) is 0 Å². The van der Waals surface area contributed by atoms with E-state index in [1.54, 1.807) is 12.1 Å². The first kappa shape index (κ1) is 23.3. The molecule has 0 spiro atoms. The molecule has 0 radical (unpaired) electrons. The summed E-state index contributed by atoms with van der Waals surface area (Å²) in [4.78, 5) is 46.9. The number of nitrogens with one attached hydrogen (secondary N) is 2. The average Bonchev–Trinajstić information content (AvgIpc) is 3.66. The van der Waals surface area contributed by atoms with Gasteiger partial charge in [0, 0.05) is 29.4 Å². The van der Waals surface area contributed by atoms with E-state index in [0.29, 0.717) is 30.1 Å². The molecule has 8 nitrogen and oxygen atoms in total. The number of aromatic nitrogens is 1. The summed E-state index contributed by atoms with van der Waals surface area (Å²) in [5.41, 5.74) is 1.49. The number of hydrogen-bond donors (Lipinski definition) is 2. The van der Waals surface area contributed by atoms with Crippen LogP contribution < -0.4 is 5.32 Å². The van der Waals surface area contributed by atoms with E-state index < -0.39 is 11.5 Å². The maximum atomic E-state index is 13.8. The predicted molar refractivity (Wildman–Crippen MR) is 140 cm³/mol. The van der Waals surface area contributed by atoms with Crippen LogP contribution in [0.25, 0.3) is 21.9 Å². The monoisotopic (exact) mass is 498 g/mol. The highest BCUT2D eigenvalue weighted by Gasteiger charge is 2.50. The van der Waals surface area contributed by atoms with E-state index in [2.05, 4.69) is 10.3 Å². The molecule has 2 aliphatic heterocycles. The van der Waals surface area contributed by atoms with Crippen molar-refractivity contribution in [2.45, 2.75) is 45.3 Å². The zero-order valence-corrected chi connectivity index (χ0v) is 21.2. The first-order chi connectivity index (χ1) is 17.7. The summed E-state index contributed by atoms with van der Waals surface area (Å²) in [7, 11) is 0. The molecule has 0 unspecified atom stereocenters. The highest BCUT2D eigenvalue weighted by molar-refractivity contribution is 6.01. The number of fused-ring (bicyclic) bond motifs is 4. The highest BCUT2D eigenvalue weighted by atomic mass is 16.3. The van der Waals surface area contributed by atoms with E-state index in [4.69, 9.17) is 4.42 Å². The molecule has 3 amide bonds. The van der Waals surface area contributed by atoms with E-state index >= 15 is 0 Å². The normalized spacial score (nSPS) is 20.1. The maximum absolute atomic E-state index is 13.8. The van der Waals surface area contributed by atoms with Gasteiger partial charge in [0.2, 0.25) is 5.91 Å². The number of rotatable bonds is 4. The third kappa shape index (κ3) is 4.06. The van der Waals surface area contributed by atoms with E-state index in [1.165, 1.54) is 0 Å². The number of aromatic amines is 1. The molecule has 0 aliphatic carbocycles. The molecule has 8 heteroatoms. The SMILES string of the molecule is CC(C)(C)[C@H](NC(=O)c1cc2ccccc2[nH]1)C(=O)N1C[C@@H]2C[C@H]1CN2C(=O)c1cc2ccccc2o1. The number of H-pyrrole nitrogens is 1. The maximum Gasteiger partial charge on any atom is 0.289 e. The van der Waals surface area contributed by atoms with Crippen LogP contribution in [0.4, 0.5) is 0 Å². The van der Waals surface area contributed by atoms with E-state index in [-0.39, 0.29) is 29.8 Å². The largest absolute Gasteiger partial charge is 0.451 e. The summed E-state index contributed by atoms with van der Waals surface area (Å²) in [6.07, 6.45) is 0.727. The Balaban J connectivity index is 1.17. The Morgan fingerprint density at radius 2 is 1.62 bits per heavy atom. The molecule has 190 valence electrons. The molecule has 0 saturated carbocycles. The summed E-state index contributed by atoms with van der Waals surface area (Å²) < 4.78 is 5.79. The molecular weight excluding hydrogens is 468 g/mol. The van der Waals surface area contributed by atoms with Gasteiger partial charge < -0.3 is 24.5 Å². The Kier molecular flexibility index (Phi) is 5.36. The lowest BCUT2D eigenvalue weighted by Gasteiger charge is -2.39. The molecule has 2 saturated heterocycles. The Morgan fingerprint density at radius 3 is 2.30 bits per heavy atom. The van der Waals surface area contributed by atoms with Crippen molar-refractivity contribution in [3.05, 3.63) is 72.1 Å². The molecule has 4 heterocycles. The van der Waals surface area contributed by atoms with Crippen LogP contribution in [0.3, 0.4) is 0 Å². The number of likely N-dealkylation sites (tertiary alicyclic amines) is 2.